The second kappa shape index (κ2) is 11.2. The van der Waals surface area contributed by atoms with Gasteiger partial charge in [0.25, 0.3) is 0 Å². The quantitative estimate of drug-likeness (QED) is 0.378. The topological polar surface area (TPSA) is 89.0 Å². The van der Waals surface area contributed by atoms with E-state index >= 15 is 0 Å². The zero-order chi connectivity index (χ0) is 22.1. The fourth-order valence-corrected chi connectivity index (χ4v) is 2.57. The summed E-state index contributed by atoms with van der Waals surface area (Å²) in [5, 5.41) is 6.52. The monoisotopic (exact) mass is 435 g/mol. The van der Waals surface area contributed by atoms with E-state index in [2.05, 4.69) is 15.8 Å². The van der Waals surface area contributed by atoms with Gasteiger partial charge in [0, 0.05) is 17.7 Å². The lowest BCUT2D eigenvalue weighted by molar-refractivity contribution is -0.139. The molecule has 0 bridgehead atoms. The third kappa shape index (κ3) is 6.45. The van der Waals surface area contributed by atoms with Crippen molar-refractivity contribution in [1.29, 1.82) is 0 Å². The number of hydrogen-bond donors (Lipinski definition) is 2. The molecule has 2 aromatic rings. The molecule has 2 N–H and O–H groups in total. The maximum absolute atomic E-state index is 14.0. The van der Waals surface area contributed by atoms with E-state index in [1.807, 2.05) is 13.8 Å². The number of methoxy groups -OCH3 is 1. The van der Waals surface area contributed by atoms with E-state index in [0.717, 1.165) is 0 Å². The summed E-state index contributed by atoms with van der Waals surface area (Å²) >= 11 is 6.04. The minimum absolute atomic E-state index is 0.142. The molecule has 2 amide bonds. The number of benzene rings is 2. The number of carbonyl (C=O) groups is 2. The van der Waals surface area contributed by atoms with Crippen LogP contribution in [0.3, 0.4) is 0 Å². The molecule has 2 rings (SSSR count). The molecule has 0 fully saturated rings. The van der Waals surface area contributed by atoms with Gasteiger partial charge in [-0.25, -0.2) is 9.82 Å². The Kier molecular flexibility index (Phi) is 8.61. The van der Waals surface area contributed by atoms with Crippen LogP contribution in [0.2, 0.25) is 5.02 Å². The number of carbonyl (C=O) groups excluding carboxylic acids is 2. The molecule has 7 nitrogen and oxygen atoms in total. The molecule has 0 saturated heterocycles. The minimum Gasteiger partial charge on any atom is -0.493 e. The van der Waals surface area contributed by atoms with Gasteiger partial charge in [-0.2, -0.15) is 5.10 Å². The molecule has 0 aliphatic heterocycles. The first-order valence-electron chi connectivity index (χ1n) is 9.17. The average Bonchev–Trinajstić information content (AvgIpc) is 2.71. The highest BCUT2D eigenvalue weighted by Crippen LogP contribution is 2.32. The first-order valence-corrected chi connectivity index (χ1v) is 9.55. The minimum atomic E-state index is -0.893. The molecule has 0 radical (unpaired) electrons. The van der Waals surface area contributed by atoms with Crippen LogP contribution in [0.25, 0.3) is 0 Å². The Morgan fingerprint density at radius 3 is 2.60 bits per heavy atom. The molecule has 0 unspecified atom stereocenters. The van der Waals surface area contributed by atoms with Crippen LogP contribution in [0.4, 0.5) is 4.39 Å². The maximum atomic E-state index is 14.0. The fraction of sp³-hybridized carbons (Fsp3) is 0.286. The third-order valence-corrected chi connectivity index (χ3v) is 4.25. The summed E-state index contributed by atoms with van der Waals surface area (Å²) in [6.45, 7) is 4.06. The van der Waals surface area contributed by atoms with Crippen molar-refractivity contribution in [2.75, 3.05) is 13.7 Å². The standard InChI is InChI=1S/C21H23ClFN3O4/c1-13(2)10-24-20(27)21(28)26-25-11-14-6-4-9-18(29-3)19(14)30-12-15-16(22)7-5-8-17(15)23/h4-9,11,13H,10,12H2,1-3H3,(H,24,27)(H,26,28)/b25-11-. The number of ether oxygens (including phenoxy) is 2. The van der Waals surface area contributed by atoms with E-state index in [-0.39, 0.29) is 28.9 Å². The zero-order valence-corrected chi connectivity index (χ0v) is 17.6. The summed E-state index contributed by atoms with van der Waals surface area (Å²) in [5.41, 5.74) is 2.80. The number of halogens is 2. The van der Waals surface area contributed by atoms with E-state index in [1.54, 1.807) is 24.3 Å². The molecule has 2 aromatic carbocycles. The van der Waals surface area contributed by atoms with Crippen LogP contribution >= 0.6 is 11.6 Å². The van der Waals surface area contributed by atoms with Crippen molar-refractivity contribution in [1.82, 2.24) is 10.7 Å². The van der Waals surface area contributed by atoms with Gasteiger partial charge in [-0.3, -0.25) is 9.59 Å². The van der Waals surface area contributed by atoms with Gasteiger partial charge in [0.1, 0.15) is 12.4 Å². The largest absolute Gasteiger partial charge is 0.493 e. The Hall–Kier alpha value is -3.13. The van der Waals surface area contributed by atoms with E-state index < -0.39 is 17.6 Å². The molecule has 0 aliphatic carbocycles. The van der Waals surface area contributed by atoms with Crippen molar-refractivity contribution < 1.29 is 23.5 Å². The Morgan fingerprint density at radius 1 is 1.20 bits per heavy atom. The molecule has 0 atom stereocenters. The van der Waals surface area contributed by atoms with Gasteiger partial charge in [0.15, 0.2) is 11.5 Å². The Balaban J connectivity index is 2.12. The van der Waals surface area contributed by atoms with Crippen LogP contribution in [0, 0.1) is 11.7 Å². The van der Waals surface area contributed by atoms with E-state index in [1.165, 1.54) is 25.5 Å². The number of nitrogens with zero attached hydrogens (tertiary/aromatic N) is 1. The summed E-state index contributed by atoms with van der Waals surface area (Å²) in [5.74, 6) is -1.29. The maximum Gasteiger partial charge on any atom is 0.329 e. The summed E-state index contributed by atoms with van der Waals surface area (Å²) in [7, 11) is 1.46. The number of para-hydroxylation sites is 1. The Bertz CT molecular complexity index is 914. The van der Waals surface area contributed by atoms with Gasteiger partial charge in [-0.05, 0) is 30.2 Å². The lowest BCUT2D eigenvalue weighted by atomic mass is 10.2. The summed E-state index contributed by atoms with van der Waals surface area (Å²) in [4.78, 5) is 23.5. The van der Waals surface area contributed by atoms with E-state index in [9.17, 15) is 14.0 Å². The van der Waals surface area contributed by atoms with Gasteiger partial charge in [-0.15, -0.1) is 0 Å². The van der Waals surface area contributed by atoms with Gasteiger partial charge < -0.3 is 14.8 Å². The molecule has 0 saturated carbocycles. The number of amides is 2. The zero-order valence-electron chi connectivity index (χ0n) is 16.9. The Labute approximate surface area is 179 Å². The first kappa shape index (κ1) is 23.2. The predicted octanol–water partition coefficient (Wildman–Crippen LogP) is 3.29. The normalized spacial score (nSPS) is 10.9. The highest BCUT2D eigenvalue weighted by molar-refractivity contribution is 6.35. The number of hydrazone groups is 1. The fourth-order valence-electron chi connectivity index (χ4n) is 2.35. The smallest absolute Gasteiger partial charge is 0.329 e. The molecule has 30 heavy (non-hydrogen) atoms. The number of hydrogen-bond acceptors (Lipinski definition) is 5. The molecular weight excluding hydrogens is 413 g/mol. The predicted molar refractivity (Wildman–Crippen MR) is 112 cm³/mol. The second-order valence-electron chi connectivity index (χ2n) is 6.67. The van der Waals surface area contributed by atoms with Gasteiger partial charge in [-0.1, -0.05) is 37.6 Å². The Morgan fingerprint density at radius 2 is 1.93 bits per heavy atom. The summed E-state index contributed by atoms with van der Waals surface area (Å²) in [6.07, 6.45) is 1.30. The molecular formula is C21H23ClFN3O4. The molecule has 9 heteroatoms. The van der Waals surface area contributed by atoms with Crippen LogP contribution in [-0.2, 0) is 16.2 Å². The van der Waals surface area contributed by atoms with E-state index in [0.29, 0.717) is 17.9 Å². The van der Waals surface area contributed by atoms with Crippen LogP contribution < -0.4 is 20.2 Å². The van der Waals surface area contributed by atoms with Crippen molar-refractivity contribution in [2.45, 2.75) is 20.5 Å². The summed E-state index contributed by atoms with van der Waals surface area (Å²) in [6, 6.07) is 9.37. The van der Waals surface area contributed by atoms with Gasteiger partial charge in [0.2, 0.25) is 0 Å². The van der Waals surface area contributed by atoms with Gasteiger partial charge >= 0.3 is 11.8 Å². The lowest BCUT2D eigenvalue weighted by Gasteiger charge is -2.14. The van der Waals surface area contributed by atoms with E-state index in [4.69, 9.17) is 21.1 Å². The lowest BCUT2D eigenvalue weighted by Crippen LogP contribution is -2.39. The third-order valence-electron chi connectivity index (χ3n) is 3.90. The molecule has 0 heterocycles. The SMILES string of the molecule is COc1cccc(/C=N\NC(=O)C(=O)NCC(C)C)c1OCc1c(F)cccc1Cl. The first-order chi connectivity index (χ1) is 14.3. The highest BCUT2D eigenvalue weighted by atomic mass is 35.5. The van der Waals surface area contributed by atoms with Crippen LogP contribution in [0.5, 0.6) is 11.5 Å². The number of nitrogens with one attached hydrogen (secondary N) is 2. The van der Waals surface area contributed by atoms with Crippen LogP contribution in [0.15, 0.2) is 41.5 Å². The molecule has 0 aliphatic rings. The molecule has 0 spiro atoms. The van der Waals surface area contributed by atoms with Crippen molar-refractivity contribution in [3.63, 3.8) is 0 Å². The van der Waals surface area contributed by atoms with Gasteiger partial charge in [0.05, 0.1) is 18.3 Å². The van der Waals surface area contributed by atoms with Crippen LogP contribution in [0.1, 0.15) is 25.0 Å². The molecule has 160 valence electrons. The van der Waals surface area contributed by atoms with Crippen molar-refractivity contribution in [2.24, 2.45) is 11.0 Å². The number of rotatable bonds is 8. The second-order valence-corrected chi connectivity index (χ2v) is 7.08. The summed E-state index contributed by atoms with van der Waals surface area (Å²) < 4.78 is 25.0. The highest BCUT2D eigenvalue weighted by Gasteiger charge is 2.14. The van der Waals surface area contributed by atoms with Crippen LogP contribution in [-0.4, -0.2) is 31.7 Å². The van der Waals surface area contributed by atoms with Crippen molar-refractivity contribution >= 4 is 29.6 Å². The average molecular weight is 436 g/mol. The van der Waals surface area contributed by atoms with Crippen molar-refractivity contribution in [3.05, 3.63) is 58.4 Å². The molecule has 0 aromatic heterocycles. The van der Waals surface area contributed by atoms with Crippen molar-refractivity contribution in [3.8, 4) is 11.5 Å².